The zero-order valence-electron chi connectivity index (χ0n) is 14.0. The number of amides is 1. The molecule has 2 aromatic heterocycles. The van der Waals surface area contributed by atoms with E-state index in [1.807, 2.05) is 41.8 Å². The molecular weight excluding hydrogens is 334 g/mol. The monoisotopic (exact) mass is 355 g/mol. The molecule has 1 fully saturated rings. The molecule has 0 spiro atoms. The highest BCUT2D eigenvalue weighted by molar-refractivity contribution is 7.09. The van der Waals surface area contributed by atoms with Crippen LogP contribution in [0.4, 0.5) is 0 Å². The van der Waals surface area contributed by atoms with Crippen molar-refractivity contribution in [1.29, 1.82) is 0 Å². The molecule has 3 aromatic rings. The molecule has 1 aliphatic heterocycles. The van der Waals surface area contributed by atoms with Gasteiger partial charge in [0.15, 0.2) is 11.5 Å². The minimum Gasteiger partial charge on any atom is -0.440 e. The van der Waals surface area contributed by atoms with Crippen LogP contribution in [0.3, 0.4) is 0 Å². The maximum Gasteiger partial charge on any atom is 0.234 e. The first kappa shape index (κ1) is 16.3. The van der Waals surface area contributed by atoms with Crippen LogP contribution < -0.4 is 5.32 Å². The minimum atomic E-state index is 0.0756. The Morgan fingerprint density at radius 2 is 2.24 bits per heavy atom. The number of rotatable bonds is 5. The fourth-order valence-corrected chi connectivity index (χ4v) is 3.97. The number of oxazole rings is 1. The quantitative estimate of drug-likeness (QED) is 0.762. The zero-order valence-corrected chi connectivity index (χ0v) is 14.8. The first-order valence-electron chi connectivity index (χ1n) is 8.65. The van der Waals surface area contributed by atoms with Gasteiger partial charge in [-0.05, 0) is 43.0 Å². The van der Waals surface area contributed by atoms with Gasteiger partial charge in [0.2, 0.25) is 5.91 Å². The number of carbonyl (C=O) groups excluding carboxylic acids is 1. The highest BCUT2D eigenvalue weighted by Gasteiger charge is 2.26. The van der Waals surface area contributed by atoms with E-state index in [-0.39, 0.29) is 11.8 Å². The number of benzene rings is 1. The Kier molecular flexibility index (Phi) is 4.81. The number of hydrogen-bond acceptors (Lipinski definition) is 5. The normalized spacial score (nSPS) is 18.5. The molecule has 25 heavy (non-hydrogen) atoms. The van der Waals surface area contributed by atoms with Gasteiger partial charge in [-0.25, -0.2) is 4.98 Å². The predicted octanol–water partition coefficient (Wildman–Crippen LogP) is 3.39. The first-order valence-corrected chi connectivity index (χ1v) is 9.53. The highest BCUT2D eigenvalue weighted by atomic mass is 32.1. The van der Waals surface area contributed by atoms with Gasteiger partial charge < -0.3 is 9.73 Å². The maximum absolute atomic E-state index is 12.2. The third-order valence-corrected chi connectivity index (χ3v) is 5.45. The van der Waals surface area contributed by atoms with Crippen LogP contribution in [0.1, 0.15) is 29.5 Å². The molecule has 0 aliphatic carbocycles. The van der Waals surface area contributed by atoms with Crippen molar-refractivity contribution >= 4 is 28.3 Å². The molecule has 0 radical (unpaired) electrons. The van der Waals surface area contributed by atoms with Gasteiger partial charge in [0.05, 0.1) is 13.1 Å². The second kappa shape index (κ2) is 7.37. The van der Waals surface area contributed by atoms with Crippen LogP contribution in [0.2, 0.25) is 0 Å². The van der Waals surface area contributed by atoms with Crippen molar-refractivity contribution in [2.24, 2.45) is 0 Å². The standard InChI is InChI=1S/C19H21N3O2S/c23-18(20-11-15-6-4-10-25-15)13-22-9-3-5-14(12-22)19-21-16-7-1-2-8-17(16)24-19/h1-2,4,6-8,10,14H,3,5,9,11-13H2,(H,20,23). The second-order valence-corrected chi connectivity index (χ2v) is 7.48. The molecule has 130 valence electrons. The number of fused-ring (bicyclic) bond motifs is 1. The van der Waals surface area contributed by atoms with Gasteiger partial charge in [0.25, 0.3) is 0 Å². The van der Waals surface area contributed by atoms with E-state index in [1.165, 1.54) is 4.88 Å². The SMILES string of the molecule is O=C(CN1CCCC(c2nc3ccccc3o2)C1)NCc1cccs1. The van der Waals surface area contributed by atoms with Gasteiger partial charge in [0.1, 0.15) is 5.52 Å². The summed E-state index contributed by atoms with van der Waals surface area (Å²) in [7, 11) is 0. The lowest BCUT2D eigenvalue weighted by Crippen LogP contribution is -2.41. The Morgan fingerprint density at radius 1 is 1.32 bits per heavy atom. The average Bonchev–Trinajstić information content (AvgIpc) is 3.29. The number of hydrogen-bond donors (Lipinski definition) is 1. The van der Waals surface area contributed by atoms with Crippen LogP contribution in [0.5, 0.6) is 0 Å². The van der Waals surface area contributed by atoms with Gasteiger partial charge in [-0.2, -0.15) is 0 Å². The molecular formula is C19H21N3O2S. The van der Waals surface area contributed by atoms with Gasteiger partial charge >= 0.3 is 0 Å². The van der Waals surface area contributed by atoms with Crippen LogP contribution in [0.15, 0.2) is 46.2 Å². The van der Waals surface area contributed by atoms with Crippen LogP contribution in [-0.4, -0.2) is 35.4 Å². The first-order chi connectivity index (χ1) is 12.3. The number of nitrogens with one attached hydrogen (secondary N) is 1. The summed E-state index contributed by atoms with van der Waals surface area (Å²) in [6.07, 6.45) is 2.11. The molecule has 0 saturated carbocycles. The van der Waals surface area contributed by atoms with Gasteiger partial charge in [-0.3, -0.25) is 9.69 Å². The summed E-state index contributed by atoms with van der Waals surface area (Å²) in [5.41, 5.74) is 1.74. The van der Waals surface area contributed by atoms with Crippen LogP contribution in [-0.2, 0) is 11.3 Å². The summed E-state index contributed by atoms with van der Waals surface area (Å²) in [5.74, 6) is 1.13. The average molecular weight is 355 g/mol. The van der Waals surface area contributed by atoms with Crippen molar-refractivity contribution in [1.82, 2.24) is 15.2 Å². The van der Waals surface area contributed by atoms with Gasteiger partial charge in [0, 0.05) is 17.3 Å². The predicted molar refractivity (Wildman–Crippen MR) is 98.6 cm³/mol. The fraction of sp³-hybridized carbons (Fsp3) is 0.368. The van der Waals surface area contributed by atoms with Crippen molar-refractivity contribution in [3.05, 3.63) is 52.5 Å². The molecule has 4 rings (SSSR count). The second-order valence-electron chi connectivity index (χ2n) is 6.45. The lowest BCUT2D eigenvalue weighted by Gasteiger charge is -2.30. The molecule has 1 atom stereocenters. The molecule has 1 aromatic carbocycles. The summed E-state index contributed by atoms with van der Waals surface area (Å²) in [5, 5.41) is 5.02. The fourth-order valence-electron chi connectivity index (χ4n) is 3.32. The number of para-hydroxylation sites is 2. The van der Waals surface area contributed by atoms with Crippen LogP contribution in [0, 0.1) is 0 Å². The van der Waals surface area contributed by atoms with Crippen molar-refractivity contribution in [3.63, 3.8) is 0 Å². The van der Waals surface area contributed by atoms with Crippen LogP contribution >= 0.6 is 11.3 Å². The molecule has 1 saturated heterocycles. The number of carbonyl (C=O) groups is 1. The summed E-state index contributed by atoms with van der Waals surface area (Å²) < 4.78 is 5.92. The molecule has 3 heterocycles. The van der Waals surface area contributed by atoms with E-state index in [4.69, 9.17) is 4.42 Å². The summed E-state index contributed by atoms with van der Waals surface area (Å²) >= 11 is 1.66. The molecule has 0 bridgehead atoms. The van der Waals surface area contributed by atoms with E-state index in [0.29, 0.717) is 13.1 Å². The molecule has 1 unspecified atom stereocenters. The van der Waals surface area contributed by atoms with Gasteiger partial charge in [-0.1, -0.05) is 18.2 Å². The Balaban J connectivity index is 1.34. The molecule has 5 nitrogen and oxygen atoms in total. The van der Waals surface area contributed by atoms with E-state index in [0.717, 1.165) is 42.9 Å². The number of aromatic nitrogens is 1. The maximum atomic E-state index is 12.2. The van der Waals surface area contributed by atoms with Crippen molar-refractivity contribution in [2.75, 3.05) is 19.6 Å². The number of nitrogens with zero attached hydrogens (tertiary/aromatic N) is 2. The Hall–Kier alpha value is -2.18. The van der Waals surface area contributed by atoms with Gasteiger partial charge in [-0.15, -0.1) is 11.3 Å². The van der Waals surface area contributed by atoms with E-state index >= 15 is 0 Å². The third-order valence-electron chi connectivity index (χ3n) is 4.57. The molecule has 1 aliphatic rings. The Morgan fingerprint density at radius 3 is 3.08 bits per heavy atom. The summed E-state index contributed by atoms with van der Waals surface area (Å²) in [6, 6.07) is 11.9. The van der Waals surface area contributed by atoms with Crippen molar-refractivity contribution in [3.8, 4) is 0 Å². The van der Waals surface area contributed by atoms with E-state index in [2.05, 4.69) is 15.2 Å². The Bertz CT molecular complexity index is 810. The highest BCUT2D eigenvalue weighted by Crippen LogP contribution is 2.28. The number of piperidine rings is 1. The van der Waals surface area contributed by atoms with Crippen molar-refractivity contribution in [2.45, 2.75) is 25.3 Å². The lowest BCUT2D eigenvalue weighted by molar-refractivity contribution is -0.122. The summed E-state index contributed by atoms with van der Waals surface area (Å²) in [4.78, 5) is 20.2. The zero-order chi connectivity index (χ0) is 17.1. The van der Waals surface area contributed by atoms with E-state index in [9.17, 15) is 4.79 Å². The topological polar surface area (TPSA) is 58.4 Å². The molecule has 6 heteroatoms. The summed E-state index contributed by atoms with van der Waals surface area (Å²) in [6.45, 7) is 2.81. The smallest absolute Gasteiger partial charge is 0.234 e. The lowest BCUT2D eigenvalue weighted by atomic mass is 9.98. The Labute approximate surface area is 150 Å². The number of likely N-dealkylation sites (tertiary alicyclic amines) is 1. The third kappa shape index (κ3) is 3.91. The molecule has 1 N–H and O–H groups in total. The number of thiophene rings is 1. The molecule has 1 amide bonds. The van der Waals surface area contributed by atoms with E-state index < -0.39 is 0 Å². The van der Waals surface area contributed by atoms with E-state index in [1.54, 1.807) is 11.3 Å². The van der Waals surface area contributed by atoms with Crippen LogP contribution in [0.25, 0.3) is 11.1 Å². The van der Waals surface area contributed by atoms with Crippen molar-refractivity contribution < 1.29 is 9.21 Å². The largest absolute Gasteiger partial charge is 0.440 e. The minimum absolute atomic E-state index is 0.0756.